The molecule has 0 saturated carbocycles. The Kier molecular flexibility index (Phi) is 7.11. The summed E-state index contributed by atoms with van der Waals surface area (Å²) in [5.74, 6) is 2.36. The summed E-state index contributed by atoms with van der Waals surface area (Å²) >= 11 is 1.80. The van der Waals surface area contributed by atoms with Gasteiger partial charge in [0.05, 0.1) is 40.6 Å². The van der Waals surface area contributed by atoms with E-state index in [-0.39, 0.29) is 5.97 Å². The van der Waals surface area contributed by atoms with Crippen LogP contribution in [0.4, 0.5) is 0 Å². The maximum absolute atomic E-state index is 12.7. The highest BCUT2D eigenvalue weighted by Crippen LogP contribution is 2.27. The number of esters is 1. The predicted octanol–water partition coefficient (Wildman–Crippen LogP) is 6.05. The number of ether oxygens (including phenoxy) is 1. The fourth-order valence-corrected chi connectivity index (χ4v) is 4.49. The molecule has 0 N–H and O–H groups in total. The predicted molar refractivity (Wildman–Crippen MR) is 133 cm³/mol. The molecule has 0 aliphatic heterocycles. The number of hydrogen-bond acceptors (Lipinski definition) is 5. The smallest absolute Gasteiger partial charge is 0.340 e. The van der Waals surface area contributed by atoms with Gasteiger partial charge in [0.25, 0.3) is 0 Å². The fourth-order valence-electron chi connectivity index (χ4n) is 3.89. The van der Waals surface area contributed by atoms with Gasteiger partial charge in [-0.05, 0) is 47.6 Å². The largest absolute Gasteiger partial charge is 0.462 e. The minimum Gasteiger partial charge on any atom is -0.462 e. The van der Waals surface area contributed by atoms with Crippen molar-refractivity contribution in [2.75, 3.05) is 12.4 Å². The number of aromatic nitrogens is 2. The molecule has 0 bridgehead atoms. The first kappa shape index (κ1) is 22.6. The molecular weight excluding hydrogens is 430 g/mol. The van der Waals surface area contributed by atoms with Crippen molar-refractivity contribution in [1.29, 1.82) is 5.26 Å². The number of nitriles is 1. The first-order valence-corrected chi connectivity index (χ1v) is 12.1. The second-order valence-electron chi connectivity index (χ2n) is 7.50. The fraction of sp³-hybridized carbons (Fsp3) is 0.222. The molecular formula is C27H25N3O2S. The first-order chi connectivity index (χ1) is 16.2. The highest BCUT2D eigenvalue weighted by atomic mass is 32.2. The van der Waals surface area contributed by atoms with Crippen molar-refractivity contribution in [3.05, 3.63) is 89.2 Å². The molecule has 166 valence electrons. The van der Waals surface area contributed by atoms with Crippen LogP contribution in [0.2, 0.25) is 0 Å². The lowest BCUT2D eigenvalue weighted by Gasteiger charge is -2.12. The molecule has 0 fully saturated rings. The van der Waals surface area contributed by atoms with E-state index in [1.807, 2.05) is 55.5 Å². The Hall–Kier alpha value is -3.56. The van der Waals surface area contributed by atoms with Crippen molar-refractivity contribution < 1.29 is 9.53 Å². The van der Waals surface area contributed by atoms with Crippen LogP contribution in [-0.4, -0.2) is 27.9 Å². The summed E-state index contributed by atoms with van der Waals surface area (Å²) in [6, 6.07) is 23.7. The summed E-state index contributed by atoms with van der Waals surface area (Å²) in [4.78, 5) is 17.5. The molecule has 1 aromatic heterocycles. The molecule has 4 aromatic rings. The summed E-state index contributed by atoms with van der Waals surface area (Å²) in [7, 11) is 0. The zero-order valence-corrected chi connectivity index (χ0v) is 19.6. The number of para-hydroxylation sites is 1. The van der Waals surface area contributed by atoms with Crippen LogP contribution in [-0.2, 0) is 17.0 Å². The normalized spacial score (nSPS) is 10.8. The molecule has 0 aliphatic carbocycles. The van der Waals surface area contributed by atoms with E-state index in [1.165, 1.54) is 0 Å². The standard InChI is InChI=1S/C27H25N3O2S/c1-3-32-27(31)23-10-7-11-24-26(23)30(25(29-24)18-33-4-2)17-19-12-14-20(15-13-19)22-9-6-5-8-21(22)16-28/h5-15H,3-4,17-18H2,1-2H3. The molecule has 6 heteroatoms. The van der Waals surface area contributed by atoms with Crippen LogP contribution in [0.25, 0.3) is 22.2 Å². The van der Waals surface area contributed by atoms with Gasteiger partial charge in [-0.1, -0.05) is 55.5 Å². The van der Waals surface area contributed by atoms with E-state index >= 15 is 0 Å². The number of nitrogens with zero attached hydrogens (tertiary/aromatic N) is 3. The van der Waals surface area contributed by atoms with E-state index in [0.29, 0.717) is 24.3 Å². The highest BCUT2D eigenvalue weighted by Gasteiger charge is 2.19. The zero-order chi connectivity index (χ0) is 23.2. The van der Waals surface area contributed by atoms with Crippen molar-refractivity contribution in [1.82, 2.24) is 9.55 Å². The van der Waals surface area contributed by atoms with Crippen LogP contribution in [0.15, 0.2) is 66.7 Å². The van der Waals surface area contributed by atoms with Crippen molar-refractivity contribution >= 4 is 28.8 Å². The quantitative estimate of drug-likeness (QED) is 0.302. The molecule has 5 nitrogen and oxygen atoms in total. The first-order valence-electron chi connectivity index (χ1n) is 11.0. The molecule has 0 unspecified atom stereocenters. The lowest BCUT2D eigenvalue weighted by Crippen LogP contribution is -2.10. The van der Waals surface area contributed by atoms with Crippen molar-refractivity contribution in [2.45, 2.75) is 26.1 Å². The van der Waals surface area contributed by atoms with Gasteiger partial charge in [0.1, 0.15) is 5.82 Å². The molecule has 0 amide bonds. The SMILES string of the molecule is CCOC(=O)c1cccc2nc(CSCC)n(Cc3ccc(-c4ccccc4C#N)cc3)c12. The van der Waals surface area contributed by atoms with Gasteiger partial charge in [0, 0.05) is 6.54 Å². The number of carbonyl (C=O) groups excluding carboxylic acids is 1. The Morgan fingerprint density at radius 3 is 2.58 bits per heavy atom. The van der Waals surface area contributed by atoms with Crippen LogP contribution in [0.1, 0.15) is 41.2 Å². The molecule has 0 atom stereocenters. The Morgan fingerprint density at radius 1 is 1.06 bits per heavy atom. The maximum atomic E-state index is 12.7. The summed E-state index contributed by atoms with van der Waals surface area (Å²) in [6.45, 7) is 4.85. The van der Waals surface area contributed by atoms with E-state index in [9.17, 15) is 10.1 Å². The second-order valence-corrected chi connectivity index (χ2v) is 8.77. The number of benzene rings is 3. The number of imidazole rings is 1. The highest BCUT2D eigenvalue weighted by molar-refractivity contribution is 7.98. The lowest BCUT2D eigenvalue weighted by molar-refractivity contribution is 0.0528. The monoisotopic (exact) mass is 455 g/mol. The molecule has 4 rings (SSSR count). The third-order valence-corrected chi connectivity index (χ3v) is 6.30. The van der Waals surface area contributed by atoms with Gasteiger partial charge in [-0.25, -0.2) is 9.78 Å². The average Bonchev–Trinajstić information content (AvgIpc) is 3.20. The van der Waals surface area contributed by atoms with E-state index in [2.05, 4.69) is 29.7 Å². The lowest BCUT2D eigenvalue weighted by atomic mass is 9.99. The third kappa shape index (κ3) is 4.79. The van der Waals surface area contributed by atoms with Crippen LogP contribution in [0, 0.1) is 11.3 Å². The topological polar surface area (TPSA) is 67.9 Å². The van der Waals surface area contributed by atoms with Gasteiger partial charge < -0.3 is 9.30 Å². The van der Waals surface area contributed by atoms with Gasteiger partial charge in [-0.2, -0.15) is 17.0 Å². The average molecular weight is 456 g/mol. The van der Waals surface area contributed by atoms with Gasteiger partial charge in [-0.3, -0.25) is 0 Å². The molecule has 33 heavy (non-hydrogen) atoms. The second kappa shape index (κ2) is 10.4. The van der Waals surface area contributed by atoms with Gasteiger partial charge in [-0.15, -0.1) is 0 Å². The molecule has 0 saturated heterocycles. The zero-order valence-electron chi connectivity index (χ0n) is 18.7. The molecule has 0 radical (unpaired) electrons. The van der Waals surface area contributed by atoms with Crippen LogP contribution >= 0.6 is 11.8 Å². The molecule has 3 aromatic carbocycles. The van der Waals surface area contributed by atoms with E-state index in [4.69, 9.17) is 9.72 Å². The van der Waals surface area contributed by atoms with Crippen LogP contribution < -0.4 is 0 Å². The summed E-state index contributed by atoms with van der Waals surface area (Å²) in [5.41, 5.74) is 5.81. The minimum absolute atomic E-state index is 0.327. The third-order valence-electron chi connectivity index (χ3n) is 5.43. The van der Waals surface area contributed by atoms with Gasteiger partial charge >= 0.3 is 5.97 Å². The Bertz CT molecular complexity index is 1320. The maximum Gasteiger partial charge on any atom is 0.340 e. The number of thioether (sulfide) groups is 1. The number of fused-ring (bicyclic) bond motifs is 1. The molecule has 1 heterocycles. The summed E-state index contributed by atoms with van der Waals surface area (Å²) < 4.78 is 7.43. The molecule has 0 spiro atoms. The van der Waals surface area contributed by atoms with Crippen LogP contribution in [0.3, 0.4) is 0 Å². The van der Waals surface area contributed by atoms with E-state index < -0.39 is 0 Å². The van der Waals surface area contributed by atoms with E-state index in [0.717, 1.165) is 45.1 Å². The van der Waals surface area contributed by atoms with Crippen molar-refractivity contribution in [2.24, 2.45) is 0 Å². The van der Waals surface area contributed by atoms with Gasteiger partial charge in [0.15, 0.2) is 0 Å². The van der Waals surface area contributed by atoms with Crippen molar-refractivity contribution in [3.63, 3.8) is 0 Å². The number of rotatable bonds is 8. The summed E-state index contributed by atoms with van der Waals surface area (Å²) in [5, 5.41) is 9.42. The molecule has 0 aliphatic rings. The number of carbonyl (C=O) groups is 1. The van der Waals surface area contributed by atoms with Crippen LogP contribution in [0.5, 0.6) is 0 Å². The van der Waals surface area contributed by atoms with E-state index in [1.54, 1.807) is 17.8 Å². The van der Waals surface area contributed by atoms with Crippen molar-refractivity contribution in [3.8, 4) is 17.2 Å². The minimum atomic E-state index is -0.331. The Balaban J connectivity index is 1.74. The summed E-state index contributed by atoms with van der Waals surface area (Å²) in [6.07, 6.45) is 0. The Labute approximate surface area is 198 Å². The Morgan fingerprint density at radius 2 is 1.85 bits per heavy atom. The number of hydrogen-bond donors (Lipinski definition) is 0. The van der Waals surface area contributed by atoms with Gasteiger partial charge in [0.2, 0.25) is 0 Å².